The topological polar surface area (TPSA) is 80.3 Å². The maximum absolute atomic E-state index is 13.4. The number of rotatable bonds is 9. The van der Waals surface area contributed by atoms with Crippen LogP contribution >= 0.6 is 23.1 Å². The third-order valence-corrected chi connectivity index (χ3v) is 7.81. The fourth-order valence-electron chi connectivity index (χ4n) is 3.73. The predicted octanol–water partition coefficient (Wildman–Crippen LogP) is 6.64. The highest BCUT2D eigenvalue weighted by Gasteiger charge is 2.29. The number of hydrogen-bond acceptors (Lipinski definition) is 6. The van der Waals surface area contributed by atoms with Crippen LogP contribution in [-0.2, 0) is 9.59 Å². The molecule has 0 saturated heterocycles. The van der Waals surface area contributed by atoms with E-state index in [0.717, 1.165) is 46.0 Å². The predicted molar refractivity (Wildman–Crippen MR) is 146 cm³/mol. The Kier molecular flexibility index (Phi) is 7.34. The Morgan fingerprint density at radius 2 is 1.69 bits per heavy atom. The van der Waals surface area contributed by atoms with Crippen LogP contribution in [0.15, 0.2) is 89.1 Å². The Balaban J connectivity index is 1.32. The van der Waals surface area contributed by atoms with Gasteiger partial charge in [-0.05, 0) is 54.8 Å². The Hall–Kier alpha value is -3.62. The number of carbonyl (C=O) groups is 2. The molecule has 2 amide bonds. The quantitative estimate of drug-likeness (QED) is 0.244. The zero-order valence-electron chi connectivity index (χ0n) is 19.6. The van der Waals surface area contributed by atoms with E-state index in [-0.39, 0.29) is 17.7 Å². The average molecular weight is 516 g/mol. The van der Waals surface area contributed by atoms with E-state index in [1.165, 1.54) is 23.1 Å². The molecule has 5 rings (SSSR count). The van der Waals surface area contributed by atoms with Crippen molar-refractivity contribution in [2.45, 2.75) is 23.0 Å². The number of methoxy groups -OCH3 is 1. The number of nitrogens with one attached hydrogen (secondary N) is 2. The van der Waals surface area contributed by atoms with Crippen molar-refractivity contribution in [2.24, 2.45) is 5.92 Å². The van der Waals surface area contributed by atoms with Gasteiger partial charge < -0.3 is 15.4 Å². The highest BCUT2D eigenvalue weighted by molar-refractivity contribution is 8.00. The highest BCUT2D eigenvalue weighted by Crippen LogP contribution is 2.38. The molecule has 182 valence electrons. The van der Waals surface area contributed by atoms with Crippen molar-refractivity contribution in [2.75, 3.05) is 17.7 Å². The molecule has 1 aromatic heterocycles. The molecule has 1 aliphatic rings. The maximum atomic E-state index is 13.4. The number of anilines is 2. The Morgan fingerprint density at radius 1 is 0.972 bits per heavy atom. The molecule has 1 atom stereocenters. The number of benzene rings is 3. The number of nitrogens with zero attached hydrogens (tertiary/aromatic N) is 1. The van der Waals surface area contributed by atoms with E-state index in [0.29, 0.717) is 5.13 Å². The molecule has 2 N–H and O–H groups in total. The number of carbonyl (C=O) groups excluding carboxylic acids is 2. The van der Waals surface area contributed by atoms with Crippen molar-refractivity contribution < 1.29 is 14.3 Å². The van der Waals surface area contributed by atoms with Crippen LogP contribution in [0.5, 0.6) is 5.75 Å². The highest BCUT2D eigenvalue weighted by atomic mass is 32.2. The van der Waals surface area contributed by atoms with E-state index in [2.05, 4.69) is 15.6 Å². The summed E-state index contributed by atoms with van der Waals surface area (Å²) < 4.78 is 5.45. The first-order valence-corrected chi connectivity index (χ1v) is 13.4. The van der Waals surface area contributed by atoms with Gasteiger partial charge in [0.05, 0.1) is 12.8 Å². The van der Waals surface area contributed by atoms with Crippen molar-refractivity contribution in [3.8, 4) is 17.0 Å². The summed E-state index contributed by atoms with van der Waals surface area (Å²) in [5.74, 6) is 0.806. The van der Waals surface area contributed by atoms with Crippen molar-refractivity contribution in [1.29, 1.82) is 0 Å². The fraction of sp³-hybridized carbons (Fsp3) is 0.179. The van der Waals surface area contributed by atoms with Crippen LogP contribution in [0.4, 0.5) is 10.8 Å². The first-order chi connectivity index (χ1) is 17.6. The summed E-state index contributed by atoms with van der Waals surface area (Å²) in [4.78, 5) is 31.0. The van der Waals surface area contributed by atoms with Crippen molar-refractivity contribution in [3.63, 3.8) is 0 Å². The lowest BCUT2D eigenvalue weighted by atomic mass is 10.1. The van der Waals surface area contributed by atoms with Crippen molar-refractivity contribution in [3.05, 3.63) is 89.8 Å². The van der Waals surface area contributed by atoms with Gasteiger partial charge in [-0.15, -0.1) is 23.1 Å². The molecule has 1 unspecified atom stereocenters. The molecule has 36 heavy (non-hydrogen) atoms. The van der Waals surface area contributed by atoms with Gasteiger partial charge in [-0.2, -0.15) is 0 Å². The molecule has 0 spiro atoms. The summed E-state index contributed by atoms with van der Waals surface area (Å²) in [6.45, 7) is 0. The van der Waals surface area contributed by atoms with Crippen LogP contribution in [0.1, 0.15) is 23.7 Å². The second-order valence-corrected chi connectivity index (χ2v) is 10.5. The molecule has 0 radical (unpaired) electrons. The van der Waals surface area contributed by atoms with Crippen LogP contribution in [0.3, 0.4) is 0 Å². The van der Waals surface area contributed by atoms with Gasteiger partial charge in [0.1, 0.15) is 11.0 Å². The summed E-state index contributed by atoms with van der Waals surface area (Å²) in [5, 5.41) is 7.91. The molecule has 3 aromatic carbocycles. The van der Waals surface area contributed by atoms with Crippen LogP contribution in [0.25, 0.3) is 11.3 Å². The minimum absolute atomic E-state index is 0.0767. The maximum Gasteiger partial charge on any atom is 0.244 e. The smallest absolute Gasteiger partial charge is 0.244 e. The van der Waals surface area contributed by atoms with E-state index in [9.17, 15) is 9.59 Å². The zero-order valence-corrected chi connectivity index (χ0v) is 21.3. The number of thioether (sulfide) groups is 1. The van der Waals surface area contributed by atoms with Crippen molar-refractivity contribution in [1.82, 2.24) is 4.98 Å². The number of ether oxygens (including phenoxy) is 1. The summed E-state index contributed by atoms with van der Waals surface area (Å²) >= 11 is 2.83. The molecule has 1 saturated carbocycles. The van der Waals surface area contributed by atoms with Gasteiger partial charge in [0, 0.05) is 27.4 Å². The molecule has 1 fully saturated rings. The summed E-state index contributed by atoms with van der Waals surface area (Å²) in [5.41, 5.74) is 3.29. The molecule has 4 aromatic rings. The van der Waals surface area contributed by atoms with Gasteiger partial charge in [0.15, 0.2) is 5.13 Å². The average Bonchev–Trinajstić information content (AvgIpc) is 3.67. The van der Waals surface area contributed by atoms with Crippen LogP contribution in [-0.4, -0.2) is 23.9 Å². The largest absolute Gasteiger partial charge is 0.496 e. The van der Waals surface area contributed by atoms with Gasteiger partial charge in [-0.1, -0.05) is 42.5 Å². The van der Waals surface area contributed by atoms with E-state index in [4.69, 9.17) is 4.74 Å². The normalized spacial score (nSPS) is 13.6. The van der Waals surface area contributed by atoms with E-state index in [1.807, 2.05) is 84.2 Å². The fourth-order valence-corrected chi connectivity index (χ4v) is 5.46. The van der Waals surface area contributed by atoms with Crippen molar-refractivity contribution >= 4 is 45.7 Å². The Labute approximate surface area is 218 Å². The lowest BCUT2D eigenvalue weighted by molar-refractivity contribution is -0.117. The second kappa shape index (κ2) is 11.0. The molecule has 1 heterocycles. The number of aromatic nitrogens is 1. The lowest BCUT2D eigenvalue weighted by Crippen LogP contribution is -2.19. The number of thiazole rings is 1. The molecule has 0 aliphatic heterocycles. The number of hydrogen-bond donors (Lipinski definition) is 2. The Bertz CT molecular complexity index is 1350. The first kappa shape index (κ1) is 24.1. The first-order valence-electron chi connectivity index (χ1n) is 11.6. The monoisotopic (exact) mass is 515 g/mol. The minimum Gasteiger partial charge on any atom is -0.496 e. The standard InChI is InChI=1S/C28H25N3O3S2/c1-34-24-10-6-5-9-22(24)23-17-35-28(30-23)31-27(33)25(18-7-3-2-4-8-18)36-21-15-13-20(14-16-21)29-26(32)19-11-12-19/h2-10,13-17,19,25H,11-12H2,1H3,(H,29,32)(H,30,31,33). The van der Waals surface area contributed by atoms with E-state index < -0.39 is 5.25 Å². The van der Waals surface area contributed by atoms with Gasteiger partial charge in [-0.25, -0.2) is 4.98 Å². The van der Waals surface area contributed by atoms with Crippen LogP contribution in [0, 0.1) is 5.92 Å². The molecular weight excluding hydrogens is 490 g/mol. The molecule has 1 aliphatic carbocycles. The number of amides is 2. The third kappa shape index (κ3) is 5.78. The van der Waals surface area contributed by atoms with Crippen LogP contribution < -0.4 is 15.4 Å². The van der Waals surface area contributed by atoms with E-state index >= 15 is 0 Å². The molecular formula is C28H25N3O3S2. The summed E-state index contributed by atoms with van der Waals surface area (Å²) in [6.07, 6.45) is 1.93. The van der Waals surface area contributed by atoms with Gasteiger partial charge in [0.2, 0.25) is 11.8 Å². The molecule has 8 heteroatoms. The lowest BCUT2D eigenvalue weighted by Gasteiger charge is -2.16. The Morgan fingerprint density at radius 3 is 2.42 bits per heavy atom. The number of para-hydroxylation sites is 1. The summed E-state index contributed by atoms with van der Waals surface area (Å²) in [6, 6.07) is 25.0. The zero-order chi connectivity index (χ0) is 24.9. The molecule has 6 nitrogen and oxygen atoms in total. The van der Waals surface area contributed by atoms with Crippen LogP contribution in [0.2, 0.25) is 0 Å². The minimum atomic E-state index is -0.475. The SMILES string of the molecule is COc1ccccc1-c1csc(NC(=O)C(Sc2ccc(NC(=O)C3CC3)cc2)c2ccccc2)n1. The van der Waals surface area contributed by atoms with Gasteiger partial charge >= 0.3 is 0 Å². The third-order valence-electron chi connectivity index (χ3n) is 5.78. The van der Waals surface area contributed by atoms with Gasteiger partial charge in [-0.3, -0.25) is 9.59 Å². The van der Waals surface area contributed by atoms with Gasteiger partial charge in [0.25, 0.3) is 0 Å². The second-order valence-electron chi connectivity index (χ2n) is 8.42. The van der Waals surface area contributed by atoms with E-state index in [1.54, 1.807) is 7.11 Å². The summed E-state index contributed by atoms with van der Waals surface area (Å²) in [7, 11) is 1.63. The molecule has 0 bridgehead atoms.